The molecule has 0 spiro atoms. The Hall–Kier alpha value is -2.11. The highest BCUT2D eigenvalue weighted by atomic mass is 16.6. The van der Waals surface area contributed by atoms with Crippen molar-refractivity contribution in [1.82, 2.24) is 4.90 Å². The summed E-state index contributed by atoms with van der Waals surface area (Å²) in [6.07, 6.45) is 2.05. The van der Waals surface area contributed by atoms with Crippen molar-refractivity contribution in [3.63, 3.8) is 0 Å². The summed E-state index contributed by atoms with van der Waals surface area (Å²) in [5, 5.41) is 13.9. The van der Waals surface area contributed by atoms with Gasteiger partial charge in [0.1, 0.15) is 5.69 Å². The molecule has 1 heterocycles. The molecule has 0 aromatic heterocycles. The summed E-state index contributed by atoms with van der Waals surface area (Å²) in [5.41, 5.74) is 0.675. The molecule has 0 radical (unpaired) electrons. The minimum Gasteiger partial charge on any atom is -0.382 e. The topological polar surface area (TPSA) is 75.5 Å². The zero-order valence-electron chi connectivity index (χ0n) is 12.7. The summed E-state index contributed by atoms with van der Waals surface area (Å²) in [4.78, 5) is 25.1. The van der Waals surface area contributed by atoms with E-state index < -0.39 is 4.92 Å². The number of benzene rings is 1. The van der Waals surface area contributed by atoms with Crippen LogP contribution in [0.3, 0.4) is 0 Å². The van der Waals surface area contributed by atoms with Crippen LogP contribution in [0.1, 0.15) is 37.0 Å². The highest BCUT2D eigenvalue weighted by molar-refractivity contribution is 6.01. The lowest BCUT2D eigenvalue weighted by molar-refractivity contribution is -0.384. The molecule has 1 amide bonds. The smallest absolute Gasteiger partial charge is 0.293 e. The molecule has 6 heteroatoms. The van der Waals surface area contributed by atoms with Crippen LogP contribution in [0.15, 0.2) is 18.2 Å². The van der Waals surface area contributed by atoms with Gasteiger partial charge in [-0.05, 0) is 24.3 Å². The summed E-state index contributed by atoms with van der Waals surface area (Å²) in [6.45, 7) is 5.66. The van der Waals surface area contributed by atoms with Crippen molar-refractivity contribution in [3.8, 4) is 0 Å². The molecule has 1 aliphatic heterocycles. The van der Waals surface area contributed by atoms with Gasteiger partial charge >= 0.3 is 0 Å². The minimum atomic E-state index is -0.469. The normalized spacial score (nSPS) is 17.4. The number of hydrogen-bond donors (Lipinski definition) is 1. The van der Waals surface area contributed by atoms with Crippen molar-refractivity contribution >= 4 is 17.3 Å². The van der Waals surface area contributed by atoms with Crippen LogP contribution in [0.5, 0.6) is 0 Å². The second-order valence-electron chi connectivity index (χ2n) is 6.20. The number of hydrogen-bond acceptors (Lipinski definition) is 4. The first-order valence-electron chi connectivity index (χ1n) is 7.10. The zero-order valence-corrected chi connectivity index (χ0v) is 12.7. The maximum atomic E-state index is 12.7. The summed E-state index contributed by atoms with van der Waals surface area (Å²) in [7, 11) is 1.60. The lowest BCUT2D eigenvalue weighted by Crippen LogP contribution is -2.43. The third-order valence-electron chi connectivity index (χ3n) is 3.91. The number of carbonyl (C=O) groups is 1. The fraction of sp³-hybridized carbons (Fsp3) is 0.533. The Kier molecular flexibility index (Phi) is 4.16. The van der Waals surface area contributed by atoms with Gasteiger partial charge in [0.2, 0.25) is 0 Å². The van der Waals surface area contributed by atoms with Gasteiger partial charge in [-0.3, -0.25) is 14.9 Å². The summed E-state index contributed by atoms with van der Waals surface area (Å²) < 4.78 is 0. The highest BCUT2D eigenvalue weighted by Gasteiger charge is 2.31. The van der Waals surface area contributed by atoms with Gasteiger partial charge in [-0.1, -0.05) is 19.9 Å². The van der Waals surface area contributed by atoms with Crippen LogP contribution in [-0.2, 0) is 0 Å². The van der Waals surface area contributed by atoms with Crippen molar-refractivity contribution in [2.45, 2.75) is 26.7 Å². The number of likely N-dealkylation sites (tertiary alicyclic amines) is 1. The first-order valence-corrected chi connectivity index (χ1v) is 7.10. The van der Waals surface area contributed by atoms with Gasteiger partial charge in [0.25, 0.3) is 11.6 Å². The zero-order chi connectivity index (χ0) is 15.6. The van der Waals surface area contributed by atoms with Gasteiger partial charge in [0.15, 0.2) is 0 Å². The predicted octanol–water partition coefficient (Wildman–Crippen LogP) is 2.90. The second-order valence-corrected chi connectivity index (χ2v) is 6.20. The van der Waals surface area contributed by atoms with E-state index in [1.165, 1.54) is 6.07 Å². The Labute approximate surface area is 124 Å². The number of nitro groups is 1. The van der Waals surface area contributed by atoms with E-state index in [2.05, 4.69) is 19.2 Å². The highest BCUT2D eigenvalue weighted by Crippen LogP contribution is 2.32. The Morgan fingerprint density at radius 1 is 1.43 bits per heavy atom. The Morgan fingerprint density at radius 3 is 2.71 bits per heavy atom. The third kappa shape index (κ3) is 3.15. The first kappa shape index (κ1) is 15.3. The molecular weight excluding hydrogens is 270 g/mol. The maximum absolute atomic E-state index is 12.7. The Morgan fingerprint density at radius 2 is 2.14 bits per heavy atom. The number of nitro benzene ring substituents is 1. The van der Waals surface area contributed by atoms with Crippen molar-refractivity contribution in [3.05, 3.63) is 33.9 Å². The molecule has 0 atom stereocenters. The summed E-state index contributed by atoms with van der Waals surface area (Å²) in [5.74, 6) is -0.143. The largest absolute Gasteiger partial charge is 0.382 e. The Balaban J connectivity index is 2.35. The fourth-order valence-corrected chi connectivity index (χ4v) is 2.90. The number of carbonyl (C=O) groups excluding carboxylic acids is 1. The van der Waals surface area contributed by atoms with Gasteiger partial charge < -0.3 is 10.2 Å². The predicted molar refractivity (Wildman–Crippen MR) is 81.6 cm³/mol. The SMILES string of the molecule is CNc1c(C(=O)N2CCCC(C)(C)C2)cccc1[N+](=O)[O-]. The second kappa shape index (κ2) is 5.71. The molecular formula is C15H21N3O3. The maximum Gasteiger partial charge on any atom is 0.293 e. The van der Waals surface area contributed by atoms with Crippen LogP contribution in [0.25, 0.3) is 0 Å². The van der Waals surface area contributed by atoms with E-state index in [1.54, 1.807) is 24.1 Å². The van der Waals surface area contributed by atoms with E-state index >= 15 is 0 Å². The monoisotopic (exact) mass is 291 g/mol. The van der Waals surface area contributed by atoms with Gasteiger partial charge in [-0.2, -0.15) is 0 Å². The molecule has 6 nitrogen and oxygen atoms in total. The Bertz CT molecular complexity index is 569. The van der Waals surface area contributed by atoms with E-state index in [4.69, 9.17) is 0 Å². The van der Waals surface area contributed by atoms with E-state index in [0.29, 0.717) is 18.7 Å². The van der Waals surface area contributed by atoms with Crippen molar-refractivity contribution in [1.29, 1.82) is 0 Å². The first-order chi connectivity index (χ1) is 9.85. The van der Waals surface area contributed by atoms with E-state index in [0.717, 1.165) is 12.8 Å². The number of anilines is 1. The quantitative estimate of drug-likeness (QED) is 0.686. The van der Waals surface area contributed by atoms with E-state index in [9.17, 15) is 14.9 Å². The minimum absolute atomic E-state index is 0.0698. The average molecular weight is 291 g/mol. The average Bonchev–Trinajstić information content (AvgIpc) is 2.44. The van der Waals surface area contributed by atoms with E-state index in [1.807, 2.05) is 0 Å². The van der Waals surface area contributed by atoms with Crippen LogP contribution in [0, 0.1) is 15.5 Å². The molecule has 1 N–H and O–H groups in total. The molecule has 1 aromatic rings. The van der Waals surface area contributed by atoms with Gasteiger partial charge in [-0.15, -0.1) is 0 Å². The molecule has 1 saturated heterocycles. The molecule has 0 unspecified atom stereocenters. The summed E-state index contributed by atoms with van der Waals surface area (Å²) >= 11 is 0. The molecule has 21 heavy (non-hydrogen) atoms. The molecule has 2 rings (SSSR count). The standard InChI is InChI=1S/C15H21N3O3/c1-15(2)8-5-9-17(10-15)14(19)11-6-4-7-12(18(20)21)13(11)16-3/h4,6-7,16H,5,8-10H2,1-3H3. The molecule has 1 fully saturated rings. The van der Waals surface area contributed by atoms with Crippen molar-refractivity contribution in [2.24, 2.45) is 5.41 Å². The third-order valence-corrected chi connectivity index (χ3v) is 3.91. The van der Waals surface area contributed by atoms with Gasteiger partial charge in [0, 0.05) is 26.2 Å². The number of amides is 1. The number of para-hydroxylation sites is 1. The van der Waals surface area contributed by atoms with Crippen LogP contribution >= 0.6 is 0 Å². The van der Waals surface area contributed by atoms with Crippen LogP contribution in [0.4, 0.5) is 11.4 Å². The number of nitrogens with one attached hydrogen (secondary N) is 1. The van der Waals surface area contributed by atoms with Gasteiger partial charge in [0.05, 0.1) is 10.5 Å². The lowest BCUT2D eigenvalue weighted by atomic mass is 9.84. The van der Waals surface area contributed by atoms with Crippen molar-refractivity contribution in [2.75, 3.05) is 25.5 Å². The van der Waals surface area contributed by atoms with Crippen LogP contribution in [0.2, 0.25) is 0 Å². The van der Waals surface area contributed by atoms with Crippen molar-refractivity contribution < 1.29 is 9.72 Å². The summed E-state index contributed by atoms with van der Waals surface area (Å²) in [6, 6.07) is 4.60. The van der Waals surface area contributed by atoms with Gasteiger partial charge in [-0.25, -0.2) is 0 Å². The molecule has 114 valence electrons. The van der Waals surface area contributed by atoms with Crippen LogP contribution < -0.4 is 5.32 Å². The molecule has 1 aromatic carbocycles. The molecule has 0 bridgehead atoms. The number of rotatable bonds is 3. The molecule has 0 aliphatic carbocycles. The lowest BCUT2D eigenvalue weighted by Gasteiger charge is -2.38. The fourth-order valence-electron chi connectivity index (χ4n) is 2.90. The molecule has 0 saturated carbocycles. The number of piperidine rings is 1. The molecule has 1 aliphatic rings. The van der Waals surface area contributed by atoms with Crippen LogP contribution in [-0.4, -0.2) is 35.9 Å². The number of nitrogens with zero attached hydrogens (tertiary/aromatic N) is 2. The van der Waals surface area contributed by atoms with E-state index in [-0.39, 0.29) is 22.7 Å².